The first kappa shape index (κ1) is 72.9. The second kappa shape index (κ2) is 56.6. The minimum absolute atomic E-state index is 0.0202. The van der Waals surface area contributed by atoms with E-state index in [-0.39, 0.29) is 32.0 Å². The summed E-state index contributed by atoms with van der Waals surface area (Å²) in [6.45, 7) is 4.26. The van der Waals surface area contributed by atoms with E-state index >= 15 is 0 Å². The van der Waals surface area contributed by atoms with Gasteiger partial charge in [0.15, 0.2) is 6.10 Å². The molecule has 436 valence electrons. The molecule has 10 heteroatoms. The fourth-order valence-electron chi connectivity index (χ4n) is 7.52. The van der Waals surface area contributed by atoms with Gasteiger partial charge in [0.1, 0.15) is 19.8 Å². The van der Waals surface area contributed by atoms with Crippen LogP contribution in [0.3, 0.4) is 0 Å². The van der Waals surface area contributed by atoms with Crippen molar-refractivity contribution in [2.75, 3.05) is 47.5 Å². The minimum Gasteiger partial charge on any atom is -0.462 e. The fourth-order valence-corrected chi connectivity index (χ4v) is 8.27. The molecule has 0 bridgehead atoms. The first-order valence-electron chi connectivity index (χ1n) is 30.1. The van der Waals surface area contributed by atoms with Gasteiger partial charge < -0.3 is 18.9 Å². The Morgan fingerprint density at radius 3 is 1.10 bits per heavy atom. The Kier molecular flexibility index (Phi) is 53.6. The molecule has 2 unspecified atom stereocenters. The molecule has 0 heterocycles. The number of carbonyl (C=O) groups is 2. The zero-order valence-electron chi connectivity index (χ0n) is 49.4. The molecule has 0 saturated heterocycles. The third-order valence-corrected chi connectivity index (χ3v) is 13.1. The van der Waals surface area contributed by atoms with Crippen LogP contribution in [0.25, 0.3) is 0 Å². The van der Waals surface area contributed by atoms with Crippen LogP contribution in [-0.4, -0.2) is 74.9 Å². The molecule has 0 spiro atoms. The van der Waals surface area contributed by atoms with Gasteiger partial charge in [0.2, 0.25) is 0 Å². The molecule has 77 heavy (non-hydrogen) atoms. The number of quaternary nitrogens is 1. The van der Waals surface area contributed by atoms with Crippen LogP contribution < -0.4 is 0 Å². The number of nitrogens with zero attached hydrogens (tertiary/aromatic N) is 1. The lowest BCUT2D eigenvalue weighted by Gasteiger charge is -2.24. The van der Waals surface area contributed by atoms with Crippen molar-refractivity contribution in [3.63, 3.8) is 0 Å². The average Bonchev–Trinajstić information content (AvgIpc) is 3.39. The van der Waals surface area contributed by atoms with Gasteiger partial charge in [0.25, 0.3) is 0 Å². The van der Waals surface area contributed by atoms with Crippen LogP contribution in [0.2, 0.25) is 0 Å². The monoisotopic (exact) mass is 1090 g/mol. The molecule has 0 amide bonds. The molecule has 0 radical (unpaired) electrons. The van der Waals surface area contributed by atoms with Crippen molar-refractivity contribution < 1.29 is 42.1 Å². The predicted octanol–water partition coefficient (Wildman–Crippen LogP) is 19.1. The smallest absolute Gasteiger partial charge is 0.462 e. The average molecular weight is 1090 g/mol. The number of unbranched alkanes of at least 4 members (excludes halogenated alkanes) is 15. The molecule has 1 N–H and O–H groups in total. The Morgan fingerprint density at radius 1 is 0.416 bits per heavy atom. The maximum absolute atomic E-state index is 12.8. The number of hydrogen-bond donors (Lipinski definition) is 1. The highest BCUT2D eigenvalue weighted by Crippen LogP contribution is 2.43. The first-order chi connectivity index (χ1) is 37.5. The summed E-state index contributed by atoms with van der Waals surface area (Å²) in [4.78, 5) is 35.6. The lowest BCUT2D eigenvalue weighted by Crippen LogP contribution is -2.37. The Hall–Kier alpha value is -4.11. The number of carbonyl (C=O) groups excluding carboxylic acids is 2. The van der Waals surface area contributed by atoms with Gasteiger partial charge in [-0.15, -0.1) is 0 Å². The quantitative estimate of drug-likeness (QED) is 0.0211. The number of allylic oxidation sites excluding steroid dienone is 24. The lowest BCUT2D eigenvalue weighted by molar-refractivity contribution is -0.870. The SMILES string of the molecule is CC/C=C\C/C=C\C/C=C\C/C=C\C/C=C\C/C=C\C/C=C\C/C=C\C/C=C\C/C=C\C/C=C\C/C=C\CCCCCCC(=O)OC(COC(=O)CCCCCCCCCCCCCC)COP(=O)(O)OCC[N+](C)(C)C. The molecule has 0 aromatic rings. The van der Waals surface area contributed by atoms with E-state index < -0.39 is 26.5 Å². The van der Waals surface area contributed by atoms with E-state index in [0.29, 0.717) is 17.4 Å². The van der Waals surface area contributed by atoms with Crippen molar-refractivity contribution in [3.05, 3.63) is 146 Å². The lowest BCUT2D eigenvalue weighted by atomic mass is 10.0. The zero-order valence-corrected chi connectivity index (χ0v) is 50.3. The molecule has 2 atom stereocenters. The standard InChI is InChI=1S/C67H110NO8P/c1-6-8-10-12-14-16-18-20-21-22-23-24-25-26-27-28-29-30-31-32-33-34-35-36-37-38-39-40-41-42-43-44-45-46-47-48-50-52-54-56-58-60-67(70)76-65(64-75-77(71,72)74-62-61-68(3,4)5)63-73-66(69)59-57-55-53-51-49-19-17-15-13-11-9-7-2/h8,10,14,16,20-21,23-24,26-27,29-30,32-33,35-36,38-39,41-42,44-45,47-48,65H,6-7,9,11-13,15,17-19,22,25,28,31,34,37,40,43,46,49-64H2,1-5H3/p+1/b10-8-,16-14-,21-20-,24-23-,27-26-,30-29-,33-32-,36-35-,39-38-,42-41-,45-44-,48-47-. The van der Waals surface area contributed by atoms with Gasteiger partial charge in [-0.05, 0) is 103 Å². The molecular formula is C67H111NO8P+. The second-order valence-electron chi connectivity index (χ2n) is 20.7. The highest BCUT2D eigenvalue weighted by atomic mass is 31.2. The van der Waals surface area contributed by atoms with Gasteiger partial charge >= 0.3 is 19.8 Å². The number of hydrogen-bond acceptors (Lipinski definition) is 7. The molecule has 0 fully saturated rings. The van der Waals surface area contributed by atoms with Crippen molar-refractivity contribution in [2.24, 2.45) is 0 Å². The molecule has 0 aromatic heterocycles. The summed E-state index contributed by atoms with van der Waals surface area (Å²) in [6.07, 6.45) is 83.6. The van der Waals surface area contributed by atoms with E-state index in [1.54, 1.807) is 0 Å². The second-order valence-corrected chi connectivity index (χ2v) is 22.1. The van der Waals surface area contributed by atoms with Crippen LogP contribution in [0.5, 0.6) is 0 Å². The van der Waals surface area contributed by atoms with Gasteiger partial charge in [0.05, 0.1) is 27.7 Å². The Balaban J connectivity index is 4.16. The van der Waals surface area contributed by atoms with E-state index in [1.165, 1.54) is 57.8 Å². The molecule has 0 saturated carbocycles. The Morgan fingerprint density at radius 2 is 0.740 bits per heavy atom. The number of phosphoric ester groups is 1. The molecule has 0 rings (SSSR count). The normalized spacial score (nSPS) is 14.3. The fraction of sp³-hybridized carbons (Fsp3) is 0.612. The van der Waals surface area contributed by atoms with E-state index in [1.807, 2.05) is 21.1 Å². The number of phosphoric acid groups is 1. The van der Waals surface area contributed by atoms with Crippen molar-refractivity contribution in [1.29, 1.82) is 0 Å². The molecule has 0 aliphatic heterocycles. The summed E-state index contributed by atoms with van der Waals surface area (Å²) in [5.74, 6) is -0.835. The van der Waals surface area contributed by atoms with Crippen LogP contribution >= 0.6 is 7.82 Å². The van der Waals surface area contributed by atoms with Gasteiger partial charge in [-0.1, -0.05) is 243 Å². The van der Waals surface area contributed by atoms with Crippen molar-refractivity contribution >= 4 is 19.8 Å². The minimum atomic E-state index is -4.40. The van der Waals surface area contributed by atoms with Crippen molar-refractivity contribution in [3.8, 4) is 0 Å². The summed E-state index contributed by atoms with van der Waals surface area (Å²) in [6, 6.07) is 0. The van der Waals surface area contributed by atoms with Crippen LogP contribution in [0.1, 0.15) is 213 Å². The predicted molar refractivity (Wildman–Crippen MR) is 330 cm³/mol. The number of ether oxygens (including phenoxy) is 2. The first-order valence-corrected chi connectivity index (χ1v) is 31.6. The number of esters is 2. The maximum atomic E-state index is 12.8. The summed E-state index contributed by atoms with van der Waals surface area (Å²) in [5.41, 5.74) is 0. The number of likely N-dealkylation sites (N-methyl/N-ethyl adjacent to an activating group) is 1. The summed E-state index contributed by atoms with van der Waals surface area (Å²) in [7, 11) is 1.44. The topological polar surface area (TPSA) is 108 Å². The zero-order chi connectivity index (χ0) is 56.3. The van der Waals surface area contributed by atoms with Gasteiger partial charge in [-0.25, -0.2) is 4.57 Å². The van der Waals surface area contributed by atoms with Crippen molar-refractivity contribution in [1.82, 2.24) is 0 Å². The van der Waals surface area contributed by atoms with Gasteiger partial charge in [-0.2, -0.15) is 0 Å². The molecular weight excluding hydrogens is 978 g/mol. The third kappa shape index (κ3) is 61.0. The van der Waals surface area contributed by atoms with Crippen LogP contribution in [0, 0.1) is 0 Å². The van der Waals surface area contributed by atoms with Crippen LogP contribution in [0.4, 0.5) is 0 Å². The Labute approximate surface area is 472 Å². The van der Waals surface area contributed by atoms with Gasteiger partial charge in [-0.3, -0.25) is 18.6 Å². The van der Waals surface area contributed by atoms with E-state index in [0.717, 1.165) is 122 Å². The molecule has 9 nitrogen and oxygen atoms in total. The van der Waals surface area contributed by atoms with Crippen molar-refractivity contribution in [2.45, 2.75) is 219 Å². The molecule has 0 aliphatic carbocycles. The highest BCUT2D eigenvalue weighted by Gasteiger charge is 2.27. The third-order valence-electron chi connectivity index (χ3n) is 12.1. The van der Waals surface area contributed by atoms with Crippen LogP contribution in [-0.2, 0) is 32.7 Å². The highest BCUT2D eigenvalue weighted by molar-refractivity contribution is 7.47. The molecule has 0 aromatic carbocycles. The summed E-state index contributed by atoms with van der Waals surface area (Å²) < 4.78 is 34.4. The van der Waals surface area contributed by atoms with E-state index in [4.69, 9.17) is 18.5 Å². The summed E-state index contributed by atoms with van der Waals surface area (Å²) in [5, 5.41) is 0. The largest absolute Gasteiger partial charge is 0.472 e. The van der Waals surface area contributed by atoms with Crippen LogP contribution in [0.15, 0.2) is 146 Å². The van der Waals surface area contributed by atoms with E-state index in [9.17, 15) is 19.0 Å². The maximum Gasteiger partial charge on any atom is 0.472 e. The Bertz CT molecular complexity index is 1810. The van der Waals surface area contributed by atoms with E-state index in [2.05, 4.69) is 160 Å². The molecule has 0 aliphatic rings. The summed E-state index contributed by atoms with van der Waals surface area (Å²) >= 11 is 0. The van der Waals surface area contributed by atoms with Gasteiger partial charge in [0, 0.05) is 12.8 Å². The number of rotatable bonds is 53.